The van der Waals surface area contributed by atoms with Crippen molar-refractivity contribution in [3.8, 4) is 0 Å². The second-order valence-electron chi connectivity index (χ2n) is 5.73. The summed E-state index contributed by atoms with van der Waals surface area (Å²) in [6.07, 6.45) is 5.67. The van der Waals surface area contributed by atoms with Crippen LogP contribution in [0.25, 0.3) is 0 Å². The molecule has 0 spiro atoms. The Labute approximate surface area is 126 Å². The van der Waals surface area contributed by atoms with Gasteiger partial charge in [0.25, 0.3) is 0 Å². The zero-order valence-corrected chi connectivity index (χ0v) is 13.3. The maximum absolute atomic E-state index is 12.4. The standard InChI is InChI=1S/C15H22N2O3S/c1-11-7-3-4-8-13(11)17-15(18)12(2)21(19,20)14-9-5-6-10-16-14/h5-6,9-13H,3-4,7-8H2,1-2H3,(H,17,18). The summed E-state index contributed by atoms with van der Waals surface area (Å²) in [4.78, 5) is 16.1. The van der Waals surface area contributed by atoms with Gasteiger partial charge in [-0.1, -0.05) is 25.8 Å². The summed E-state index contributed by atoms with van der Waals surface area (Å²) in [5, 5.41) is 1.72. The summed E-state index contributed by atoms with van der Waals surface area (Å²) in [6, 6.07) is 4.75. The lowest BCUT2D eigenvalue weighted by Gasteiger charge is -2.30. The quantitative estimate of drug-likeness (QED) is 0.922. The van der Waals surface area contributed by atoms with E-state index in [9.17, 15) is 13.2 Å². The summed E-state index contributed by atoms with van der Waals surface area (Å²) in [5.41, 5.74) is 0. The number of hydrogen-bond acceptors (Lipinski definition) is 4. The second-order valence-corrected chi connectivity index (χ2v) is 7.95. The van der Waals surface area contributed by atoms with Crippen LogP contribution in [-0.4, -0.2) is 30.6 Å². The Morgan fingerprint density at radius 1 is 1.33 bits per heavy atom. The van der Waals surface area contributed by atoms with E-state index in [1.54, 1.807) is 12.1 Å². The number of carbonyl (C=O) groups is 1. The highest BCUT2D eigenvalue weighted by Crippen LogP contribution is 2.24. The Morgan fingerprint density at radius 3 is 2.67 bits per heavy atom. The maximum atomic E-state index is 12.4. The lowest BCUT2D eigenvalue weighted by atomic mass is 9.86. The molecule has 2 rings (SSSR count). The van der Waals surface area contributed by atoms with Gasteiger partial charge in [0.1, 0.15) is 5.25 Å². The zero-order chi connectivity index (χ0) is 15.5. The highest BCUT2D eigenvalue weighted by molar-refractivity contribution is 7.92. The van der Waals surface area contributed by atoms with Crippen LogP contribution >= 0.6 is 0 Å². The lowest BCUT2D eigenvalue weighted by molar-refractivity contribution is -0.121. The zero-order valence-electron chi connectivity index (χ0n) is 12.5. The molecule has 1 saturated carbocycles. The molecule has 3 unspecified atom stereocenters. The number of rotatable bonds is 4. The fraction of sp³-hybridized carbons (Fsp3) is 0.600. The van der Waals surface area contributed by atoms with Crippen molar-refractivity contribution in [2.45, 2.75) is 55.8 Å². The first kappa shape index (κ1) is 15.9. The van der Waals surface area contributed by atoms with Gasteiger partial charge in [0, 0.05) is 12.2 Å². The summed E-state index contributed by atoms with van der Waals surface area (Å²) in [5.74, 6) is -0.0353. The maximum Gasteiger partial charge on any atom is 0.238 e. The molecule has 0 radical (unpaired) electrons. The normalized spacial score (nSPS) is 24.3. The van der Waals surface area contributed by atoms with E-state index in [-0.39, 0.29) is 11.1 Å². The van der Waals surface area contributed by atoms with E-state index in [1.807, 2.05) is 0 Å². The second kappa shape index (κ2) is 6.56. The average Bonchev–Trinajstić information content (AvgIpc) is 2.49. The first-order valence-corrected chi connectivity index (χ1v) is 8.93. The molecule has 1 N–H and O–H groups in total. The van der Waals surface area contributed by atoms with E-state index < -0.39 is 21.0 Å². The molecule has 1 aliphatic carbocycles. The van der Waals surface area contributed by atoms with Crippen molar-refractivity contribution in [2.75, 3.05) is 0 Å². The molecule has 1 aliphatic rings. The number of sulfone groups is 1. The summed E-state index contributed by atoms with van der Waals surface area (Å²) < 4.78 is 24.7. The van der Waals surface area contributed by atoms with E-state index in [2.05, 4.69) is 17.2 Å². The minimum absolute atomic E-state index is 0.0515. The van der Waals surface area contributed by atoms with Crippen LogP contribution in [0.5, 0.6) is 0 Å². The summed E-state index contributed by atoms with van der Waals surface area (Å²) in [6.45, 7) is 3.52. The van der Waals surface area contributed by atoms with Gasteiger partial charge in [-0.3, -0.25) is 4.79 Å². The van der Waals surface area contributed by atoms with Crippen molar-refractivity contribution in [2.24, 2.45) is 5.92 Å². The third-order valence-electron chi connectivity index (χ3n) is 4.20. The number of nitrogens with zero attached hydrogens (tertiary/aromatic N) is 1. The van der Waals surface area contributed by atoms with Crippen LogP contribution in [0, 0.1) is 5.92 Å². The van der Waals surface area contributed by atoms with Gasteiger partial charge in [-0.05, 0) is 37.8 Å². The van der Waals surface area contributed by atoms with Crippen LogP contribution in [0.1, 0.15) is 39.5 Å². The van der Waals surface area contributed by atoms with Crippen molar-refractivity contribution < 1.29 is 13.2 Å². The van der Waals surface area contributed by atoms with Gasteiger partial charge >= 0.3 is 0 Å². The summed E-state index contributed by atoms with van der Waals surface area (Å²) in [7, 11) is -3.73. The molecule has 1 aromatic heterocycles. The smallest absolute Gasteiger partial charge is 0.238 e. The molecule has 0 bridgehead atoms. The number of nitrogens with one attached hydrogen (secondary N) is 1. The molecule has 0 saturated heterocycles. The Hall–Kier alpha value is -1.43. The Bertz CT molecular complexity index is 586. The third kappa shape index (κ3) is 3.61. The van der Waals surface area contributed by atoms with Gasteiger partial charge in [0.15, 0.2) is 5.03 Å². The molecule has 116 valence electrons. The largest absolute Gasteiger partial charge is 0.352 e. The van der Waals surface area contributed by atoms with Crippen molar-refractivity contribution in [3.63, 3.8) is 0 Å². The first-order valence-electron chi connectivity index (χ1n) is 7.38. The predicted molar refractivity (Wildman–Crippen MR) is 80.4 cm³/mol. The number of amides is 1. The molecule has 3 atom stereocenters. The lowest BCUT2D eigenvalue weighted by Crippen LogP contribution is -2.47. The fourth-order valence-electron chi connectivity index (χ4n) is 2.67. The first-order chi connectivity index (χ1) is 9.93. The van der Waals surface area contributed by atoms with Gasteiger partial charge in [-0.25, -0.2) is 13.4 Å². The Morgan fingerprint density at radius 2 is 2.05 bits per heavy atom. The minimum atomic E-state index is -3.73. The molecule has 21 heavy (non-hydrogen) atoms. The summed E-state index contributed by atoms with van der Waals surface area (Å²) >= 11 is 0. The highest BCUT2D eigenvalue weighted by Gasteiger charge is 2.33. The predicted octanol–water partition coefficient (Wildman–Crippen LogP) is 1.94. The molecule has 5 nitrogen and oxygen atoms in total. The molecule has 1 aromatic rings. The van der Waals surface area contributed by atoms with Crippen LogP contribution < -0.4 is 5.32 Å². The van der Waals surface area contributed by atoms with Crippen LogP contribution in [0.4, 0.5) is 0 Å². The van der Waals surface area contributed by atoms with Crippen molar-refractivity contribution >= 4 is 15.7 Å². The van der Waals surface area contributed by atoms with Crippen LogP contribution in [0.2, 0.25) is 0 Å². The van der Waals surface area contributed by atoms with Crippen molar-refractivity contribution in [1.82, 2.24) is 10.3 Å². The average molecular weight is 310 g/mol. The van der Waals surface area contributed by atoms with Crippen LogP contribution in [0.3, 0.4) is 0 Å². The molecule has 0 aromatic carbocycles. The van der Waals surface area contributed by atoms with Gasteiger partial charge in [0.05, 0.1) is 0 Å². The fourth-order valence-corrected chi connectivity index (χ4v) is 3.86. The van der Waals surface area contributed by atoms with E-state index in [0.717, 1.165) is 19.3 Å². The molecule has 6 heteroatoms. The highest BCUT2D eigenvalue weighted by atomic mass is 32.2. The SMILES string of the molecule is CC1CCCCC1NC(=O)C(C)S(=O)(=O)c1ccccn1. The van der Waals surface area contributed by atoms with Crippen molar-refractivity contribution in [3.05, 3.63) is 24.4 Å². The van der Waals surface area contributed by atoms with E-state index in [0.29, 0.717) is 5.92 Å². The Kier molecular flexibility index (Phi) is 4.98. The van der Waals surface area contributed by atoms with E-state index >= 15 is 0 Å². The number of aromatic nitrogens is 1. The molecule has 0 aliphatic heterocycles. The number of carbonyl (C=O) groups excluding carboxylic acids is 1. The molecule has 1 heterocycles. The number of hydrogen-bond donors (Lipinski definition) is 1. The van der Waals surface area contributed by atoms with Crippen LogP contribution in [0.15, 0.2) is 29.4 Å². The van der Waals surface area contributed by atoms with Crippen molar-refractivity contribution in [1.29, 1.82) is 0 Å². The van der Waals surface area contributed by atoms with Gasteiger partial charge < -0.3 is 5.32 Å². The van der Waals surface area contributed by atoms with Gasteiger partial charge in [0.2, 0.25) is 15.7 Å². The topological polar surface area (TPSA) is 76.1 Å². The monoisotopic (exact) mass is 310 g/mol. The molecular formula is C15H22N2O3S. The minimum Gasteiger partial charge on any atom is -0.352 e. The Balaban J connectivity index is 2.08. The van der Waals surface area contributed by atoms with E-state index in [4.69, 9.17) is 0 Å². The third-order valence-corrected chi connectivity index (χ3v) is 6.17. The molecular weight excluding hydrogens is 288 g/mol. The van der Waals surface area contributed by atoms with Crippen LogP contribution in [-0.2, 0) is 14.6 Å². The molecule has 1 amide bonds. The molecule has 1 fully saturated rings. The van der Waals surface area contributed by atoms with E-state index in [1.165, 1.54) is 25.6 Å². The van der Waals surface area contributed by atoms with Gasteiger partial charge in [-0.2, -0.15) is 0 Å². The number of pyridine rings is 1. The van der Waals surface area contributed by atoms with Gasteiger partial charge in [-0.15, -0.1) is 0 Å².